The number of piperazine rings is 1. The summed E-state index contributed by atoms with van der Waals surface area (Å²) in [4.78, 5) is 24.0. The molecule has 3 heterocycles. The van der Waals surface area contributed by atoms with Gasteiger partial charge >= 0.3 is 5.69 Å². The first-order valence-corrected chi connectivity index (χ1v) is 8.83. The fourth-order valence-corrected chi connectivity index (χ4v) is 3.02. The Hall–Kier alpha value is -2.79. The quantitative estimate of drug-likeness (QED) is 0.603. The third-order valence-electron chi connectivity index (χ3n) is 4.25. The molecular weight excluding hydrogens is 332 g/mol. The minimum Gasteiger partial charge on any atom is -0.502 e. The van der Waals surface area contributed by atoms with Crippen LogP contribution in [-0.2, 0) is 17.8 Å². The number of aromatic nitrogens is 4. The number of rotatable bonds is 6. The summed E-state index contributed by atoms with van der Waals surface area (Å²) in [5, 5.41) is 3.33. The van der Waals surface area contributed by atoms with Crippen LogP contribution in [0.2, 0.25) is 0 Å². The van der Waals surface area contributed by atoms with Crippen LogP contribution in [0.25, 0.3) is 11.2 Å². The first-order valence-electron chi connectivity index (χ1n) is 8.83. The van der Waals surface area contributed by atoms with E-state index in [1.54, 1.807) is 22.3 Å². The number of allylic oxidation sites excluding steroid dienone is 1. The summed E-state index contributed by atoms with van der Waals surface area (Å²) >= 11 is 0. The Morgan fingerprint density at radius 1 is 1.31 bits per heavy atom. The van der Waals surface area contributed by atoms with Crippen LogP contribution >= 0.6 is 0 Å². The van der Waals surface area contributed by atoms with Crippen molar-refractivity contribution in [1.82, 2.24) is 24.4 Å². The van der Waals surface area contributed by atoms with Gasteiger partial charge in [0, 0.05) is 26.2 Å². The van der Waals surface area contributed by atoms with Gasteiger partial charge < -0.3 is 15.0 Å². The van der Waals surface area contributed by atoms with E-state index in [2.05, 4.69) is 32.0 Å². The van der Waals surface area contributed by atoms with Crippen molar-refractivity contribution in [2.45, 2.75) is 26.9 Å². The highest BCUT2D eigenvalue weighted by molar-refractivity contribution is 5.84. The van der Waals surface area contributed by atoms with Crippen molar-refractivity contribution in [3.05, 3.63) is 29.1 Å². The SMILES string of the molecule is CC#CCn1c(=O)n(C/C=C\OCC)c2ncnc(N3CCNCC3)c21. The Labute approximate surface area is 152 Å². The molecule has 1 aliphatic rings. The average molecular weight is 356 g/mol. The van der Waals surface area contributed by atoms with Crippen LogP contribution in [0.4, 0.5) is 5.82 Å². The summed E-state index contributed by atoms with van der Waals surface area (Å²) in [6.45, 7) is 8.45. The number of nitrogens with one attached hydrogen (secondary N) is 1. The number of fused-ring (bicyclic) bond motifs is 1. The highest BCUT2D eigenvalue weighted by Crippen LogP contribution is 2.22. The summed E-state index contributed by atoms with van der Waals surface area (Å²) in [7, 11) is 0. The number of imidazole rings is 1. The first kappa shape index (κ1) is 18.0. The molecule has 0 spiro atoms. The molecule has 8 nitrogen and oxygen atoms in total. The molecule has 1 N–H and O–H groups in total. The van der Waals surface area contributed by atoms with Crippen LogP contribution in [0.15, 0.2) is 23.5 Å². The summed E-state index contributed by atoms with van der Waals surface area (Å²) in [5.74, 6) is 6.64. The molecule has 3 rings (SSSR count). The summed E-state index contributed by atoms with van der Waals surface area (Å²) in [5.41, 5.74) is 1.23. The summed E-state index contributed by atoms with van der Waals surface area (Å²) in [6.07, 6.45) is 4.95. The van der Waals surface area contributed by atoms with Gasteiger partial charge in [0.2, 0.25) is 0 Å². The van der Waals surface area contributed by atoms with E-state index >= 15 is 0 Å². The maximum Gasteiger partial charge on any atom is 0.331 e. The topological polar surface area (TPSA) is 77.2 Å². The predicted molar refractivity (Wildman–Crippen MR) is 101 cm³/mol. The molecule has 0 amide bonds. The third-order valence-corrected chi connectivity index (χ3v) is 4.25. The third kappa shape index (κ3) is 3.58. The van der Waals surface area contributed by atoms with Crippen LogP contribution in [0, 0.1) is 11.8 Å². The molecule has 26 heavy (non-hydrogen) atoms. The Balaban J connectivity index is 2.11. The molecule has 0 aromatic carbocycles. The van der Waals surface area contributed by atoms with Gasteiger partial charge in [-0.2, -0.15) is 0 Å². The second kappa shape index (κ2) is 8.54. The number of anilines is 1. The van der Waals surface area contributed by atoms with Gasteiger partial charge in [-0.15, -0.1) is 5.92 Å². The van der Waals surface area contributed by atoms with Gasteiger partial charge in [-0.1, -0.05) is 5.92 Å². The number of ether oxygens (including phenoxy) is 1. The van der Waals surface area contributed by atoms with E-state index in [0.29, 0.717) is 25.3 Å². The van der Waals surface area contributed by atoms with Crippen LogP contribution in [-0.4, -0.2) is 51.9 Å². The lowest BCUT2D eigenvalue weighted by Crippen LogP contribution is -2.44. The van der Waals surface area contributed by atoms with Gasteiger partial charge in [0.1, 0.15) is 11.8 Å². The molecular formula is C18H24N6O2. The molecule has 1 saturated heterocycles. The highest BCUT2D eigenvalue weighted by atomic mass is 16.5. The molecule has 0 aliphatic carbocycles. The van der Waals surface area contributed by atoms with Crippen molar-refractivity contribution >= 4 is 17.0 Å². The number of nitrogens with zero attached hydrogens (tertiary/aromatic N) is 5. The van der Waals surface area contributed by atoms with Crippen molar-refractivity contribution in [1.29, 1.82) is 0 Å². The van der Waals surface area contributed by atoms with Gasteiger partial charge in [0.25, 0.3) is 0 Å². The molecule has 8 heteroatoms. The Morgan fingerprint density at radius 3 is 2.85 bits per heavy atom. The van der Waals surface area contributed by atoms with Crippen LogP contribution in [0.5, 0.6) is 0 Å². The summed E-state index contributed by atoms with van der Waals surface area (Å²) in [6, 6.07) is 0. The van der Waals surface area contributed by atoms with E-state index < -0.39 is 0 Å². The van der Waals surface area contributed by atoms with Gasteiger partial charge in [-0.3, -0.25) is 9.13 Å². The fourth-order valence-electron chi connectivity index (χ4n) is 3.02. The predicted octanol–water partition coefficient (Wildman–Crippen LogP) is 0.576. The van der Waals surface area contributed by atoms with E-state index in [1.165, 1.54) is 6.33 Å². The number of hydrogen-bond donors (Lipinski definition) is 1. The van der Waals surface area contributed by atoms with Crippen molar-refractivity contribution in [2.75, 3.05) is 37.7 Å². The van der Waals surface area contributed by atoms with Crippen molar-refractivity contribution in [3.8, 4) is 11.8 Å². The smallest absolute Gasteiger partial charge is 0.331 e. The molecule has 0 unspecified atom stereocenters. The average Bonchev–Trinajstić information content (AvgIpc) is 2.95. The monoisotopic (exact) mass is 356 g/mol. The molecule has 0 atom stereocenters. The lowest BCUT2D eigenvalue weighted by molar-refractivity contribution is 0.268. The molecule has 0 bridgehead atoms. The minimum atomic E-state index is -0.138. The molecule has 2 aromatic rings. The molecule has 0 radical (unpaired) electrons. The maximum absolute atomic E-state index is 13.0. The Morgan fingerprint density at radius 2 is 2.12 bits per heavy atom. The second-order valence-corrected chi connectivity index (χ2v) is 5.84. The van der Waals surface area contributed by atoms with E-state index in [9.17, 15) is 4.79 Å². The van der Waals surface area contributed by atoms with Crippen molar-refractivity contribution in [3.63, 3.8) is 0 Å². The molecule has 138 valence electrons. The fraction of sp³-hybridized carbons (Fsp3) is 0.500. The van der Waals surface area contributed by atoms with Gasteiger partial charge in [-0.05, 0) is 19.9 Å². The van der Waals surface area contributed by atoms with Crippen LogP contribution in [0.3, 0.4) is 0 Å². The zero-order chi connectivity index (χ0) is 18.4. The van der Waals surface area contributed by atoms with Gasteiger partial charge in [0.15, 0.2) is 11.5 Å². The molecule has 1 fully saturated rings. The molecule has 1 aliphatic heterocycles. The normalized spacial score (nSPS) is 14.6. The second-order valence-electron chi connectivity index (χ2n) is 5.84. The van der Waals surface area contributed by atoms with Gasteiger partial charge in [0.05, 0.1) is 26.0 Å². The lowest BCUT2D eigenvalue weighted by Gasteiger charge is -2.28. The molecule has 0 saturated carbocycles. The summed E-state index contributed by atoms with van der Waals surface area (Å²) < 4.78 is 8.52. The van der Waals surface area contributed by atoms with Crippen LogP contribution < -0.4 is 15.9 Å². The zero-order valence-corrected chi connectivity index (χ0v) is 15.2. The lowest BCUT2D eigenvalue weighted by atomic mass is 10.3. The first-order chi connectivity index (χ1) is 12.8. The standard InChI is InChI=1S/C18H24N6O2/c1-3-5-9-23-15-16(22-11-7-19-8-12-22)20-14-21-17(15)24(18(23)25)10-6-13-26-4-2/h6,13-14,19H,4,7-12H2,1-2H3/b13-6-. The van der Waals surface area contributed by atoms with E-state index in [-0.39, 0.29) is 5.69 Å². The maximum atomic E-state index is 13.0. The van der Waals surface area contributed by atoms with Crippen molar-refractivity contribution in [2.24, 2.45) is 0 Å². The Kier molecular flexibility index (Phi) is 5.92. The number of hydrogen-bond acceptors (Lipinski definition) is 6. The van der Waals surface area contributed by atoms with E-state index in [0.717, 1.165) is 37.5 Å². The van der Waals surface area contributed by atoms with Gasteiger partial charge in [-0.25, -0.2) is 14.8 Å². The largest absolute Gasteiger partial charge is 0.502 e. The minimum absolute atomic E-state index is 0.138. The highest BCUT2D eigenvalue weighted by Gasteiger charge is 2.22. The van der Waals surface area contributed by atoms with E-state index in [4.69, 9.17) is 4.74 Å². The van der Waals surface area contributed by atoms with E-state index in [1.807, 2.05) is 13.0 Å². The molecule has 2 aromatic heterocycles. The Bertz CT molecular complexity index is 896. The van der Waals surface area contributed by atoms with Crippen molar-refractivity contribution < 1.29 is 4.74 Å². The van der Waals surface area contributed by atoms with Crippen LogP contribution in [0.1, 0.15) is 13.8 Å². The zero-order valence-electron chi connectivity index (χ0n) is 15.2.